The fourth-order valence-electron chi connectivity index (χ4n) is 0.332. The molecule has 0 aliphatic carbocycles. The van der Waals surface area contributed by atoms with Gasteiger partial charge in [0.15, 0.2) is 5.76 Å². The second-order valence-corrected chi connectivity index (χ2v) is 3.43. The monoisotopic (exact) mass is 196 g/mol. The maximum atomic E-state index is 10.1. The quantitative estimate of drug-likeness (QED) is 0.349. The third kappa shape index (κ3) is 5.69. The van der Waals surface area contributed by atoms with Gasteiger partial charge in [0.25, 0.3) is 10.1 Å². The summed E-state index contributed by atoms with van der Waals surface area (Å²) in [7, 11) is -4.10. The summed E-state index contributed by atoms with van der Waals surface area (Å²) in [5.74, 6) is -2.58. The molecule has 0 saturated heterocycles. The van der Waals surface area contributed by atoms with Gasteiger partial charge in [0.1, 0.15) is 12.4 Å². The van der Waals surface area contributed by atoms with Crippen LogP contribution >= 0.6 is 0 Å². The van der Waals surface area contributed by atoms with E-state index in [0.717, 1.165) is 0 Å². The highest BCUT2D eigenvalue weighted by molar-refractivity contribution is 7.85. The van der Waals surface area contributed by atoms with Crippen molar-refractivity contribution in [1.29, 1.82) is 0 Å². The van der Waals surface area contributed by atoms with E-state index >= 15 is 0 Å². The summed E-state index contributed by atoms with van der Waals surface area (Å²) in [5.41, 5.74) is 0. The Morgan fingerprint density at radius 1 is 1.50 bits per heavy atom. The van der Waals surface area contributed by atoms with Gasteiger partial charge in [-0.05, 0) is 6.58 Å². The normalized spacial score (nSPS) is 10.8. The average Bonchev–Trinajstić information content (AvgIpc) is 1.84. The van der Waals surface area contributed by atoms with Crippen LogP contribution in [0.15, 0.2) is 12.3 Å². The molecule has 0 amide bonds. The Balaban J connectivity index is 3.73. The summed E-state index contributed by atoms with van der Waals surface area (Å²) < 4.78 is 32.7. The Morgan fingerprint density at radius 2 is 2.00 bits per heavy atom. The maximum absolute atomic E-state index is 10.1. The van der Waals surface area contributed by atoms with Crippen LogP contribution in [0.4, 0.5) is 0 Å². The number of hydrogen-bond acceptors (Lipinski definition) is 4. The minimum absolute atomic E-state index is 0.427. The van der Waals surface area contributed by atoms with Crippen molar-refractivity contribution in [2.45, 2.75) is 0 Å². The minimum Gasteiger partial charge on any atom is -0.486 e. The number of carboxylic acids is 1. The highest BCUT2D eigenvalue weighted by Crippen LogP contribution is 1.93. The van der Waals surface area contributed by atoms with E-state index in [9.17, 15) is 13.2 Å². The molecule has 2 N–H and O–H groups in total. The maximum Gasteiger partial charge on any atom is 0.370 e. The molecule has 0 unspecified atom stereocenters. The molecule has 0 aliphatic heterocycles. The van der Waals surface area contributed by atoms with E-state index in [0.29, 0.717) is 0 Å². The summed E-state index contributed by atoms with van der Waals surface area (Å²) in [5, 5.41) is 8.17. The SMILES string of the molecule is C=C(OCCS(=O)(=O)O)C(=O)O. The molecule has 0 atom stereocenters. The average molecular weight is 196 g/mol. The van der Waals surface area contributed by atoms with Crippen molar-refractivity contribution in [3.63, 3.8) is 0 Å². The van der Waals surface area contributed by atoms with Gasteiger partial charge in [0, 0.05) is 0 Å². The lowest BCUT2D eigenvalue weighted by molar-refractivity contribution is -0.136. The van der Waals surface area contributed by atoms with Gasteiger partial charge in [-0.3, -0.25) is 4.55 Å². The third-order valence-electron chi connectivity index (χ3n) is 0.856. The number of carbonyl (C=O) groups is 1. The zero-order valence-electron chi connectivity index (χ0n) is 6.06. The van der Waals surface area contributed by atoms with Gasteiger partial charge in [-0.25, -0.2) is 4.79 Å². The molecule has 7 heteroatoms. The lowest BCUT2D eigenvalue weighted by atomic mass is 10.6. The Labute approximate surface area is 69.2 Å². The molecule has 0 aromatic rings. The minimum atomic E-state index is -4.10. The van der Waals surface area contributed by atoms with Crippen LogP contribution in [0.5, 0.6) is 0 Å². The molecular formula is C5H8O6S. The number of hydrogen-bond donors (Lipinski definition) is 2. The van der Waals surface area contributed by atoms with Gasteiger partial charge in [-0.2, -0.15) is 8.42 Å². The Morgan fingerprint density at radius 3 is 2.33 bits per heavy atom. The second-order valence-electron chi connectivity index (χ2n) is 1.86. The van der Waals surface area contributed by atoms with E-state index in [2.05, 4.69) is 11.3 Å². The lowest BCUT2D eigenvalue weighted by Crippen LogP contribution is -2.13. The van der Waals surface area contributed by atoms with Gasteiger partial charge in [-0.15, -0.1) is 0 Å². The molecule has 0 radical (unpaired) electrons. The van der Waals surface area contributed by atoms with E-state index < -0.39 is 34.2 Å². The first-order chi connectivity index (χ1) is 5.33. The molecule has 0 saturated carbocycles. The van der Waals surface area contributed by atoms with Crippen LogP contribution in [0.1, 0.15) is 0 Å². The van der Waals surface area contributed by atoms with Gasteiger partial charge < -0.3 is 9.84 Å². The topological polar surface area (TPSA) is 101 Å². The van der Waals surface area contributed by atoms with E-state index in [-0.39, 0.29) is 0 Å². The van der Waals surface area contributed by atoms with Crippen molar-refractivity contribution in [3.05, 3.63) is 12.3 Å². The van der Waals surface area contributed by atoms with Gasteiger partial charge in [0.2, 0.25) is 0 Å². The molecule has 6 nitrogen and oxygen atoms in total. The molecule has 0 heterocycles. The third-order valence-corrected chi connectivity index (χ3v) is 1.54. The highest BCUT2D eigenvalue weighted by atomic mass is 32.2. The molecular weight excluding hydrogens is 188 g/mol. The van der Waals surface area contributed by atoms with Crippen LogP contribution in [0.25, 0.3) is 0 Å². The molecule has 0 rings (SSSR count). The molecule has 0 aromatic carbocycles. The van der Waals surface area contributed by atoms with Crippen LogP contribution in [-0.4, -0.2) is 36.4 Å². The van der Waals surface area contributed by atoms with E-state index in [1.54, 1.807) is 0 Å². The van der Waals surface area contributed by atoms with Gasteiger partial charge in [-0.1, -0.05) is 0 Å². The van der Waals surface area contributed by atoms with E-state index in [1.165, 1.54) is 0 Å². The summed E-state index contributed by atoms with van der Waals surface area (Å²) in [6.45, 7) is 2.55. The van der Waals surface area contributed by atoms with E-state index in [4.69, 9.17) is 9.66 Å². The van der Waals surface area contributed by atoms with Gasteiger partial charge in [0.05, 0.1) is 0 Å². The first kappa shape index (κ1) is 10.9. The number of aliphatic carboxylic acids is 1. The van der Waals surface area contributed by atoms with Crippen LogP contribution < -0.4 is 0 Å². The van der Waals surface area contributed by atoms with Gasteiger partial charge >= 0.3 is 5.97 Å². The summed E-state index contributed by atoms with van der Waals surface area (Å²) in [6, 6.07) is 0. The Kier molecular flexibility index (Phi) is 3.71. The highest BCUT2D eigenvalue weighted by Gasteiger charge is 2.08. The standard InChI is InChI=1S/C5H8O6S/c1-4(5(6)7)11-2-3-12(8,9)10/h1-3H2,(H,6,7)(H,8,9,10). The fraction of sp³-hybridized carbons (Fsp3) is 0.400. The summed E-state index contributed by atoms with van der Waals surface area (Å²) in [4.78, 5) is 10.0. The van der Waals surface area contributed by atoms with Crippen molar-refractivity contribution >= 4 is 16.1 Å². The number of ether oxygens (including phenoxy) is 1. The molecule has 12 heavy (non-hydrogen) atoms. The summed E-state index contributed by atoms with van der Waals surface area (Å²) >= 11 is 0. The largest absolute Gasteiger partial charge is 0.486 e. The van der Waals surface area contributed by atoms with Crippen molar-refractivity contribution in [3.8, 4) is 0 Å². The molecule has 0 spiro atoms. The van der Waals surface area contributed by atoms with E-state index in [1.807, 2.05) is 0 Å². The number of carboxylic acid groups (broad SMARTS) is 1. The molecule has 0 fully saturated rings. The Bertz CT molecular complexity index is 276. The predicted molar refractivity (Wildman–Crippen MR) is 39.1 cm³/mol. The van der Waals surface area contributed by atoms with Crippen LogP contribution in [0.2, 0.25) is 0 Å². The van der Waals surface area contributed by atoms with Crippen molar-refractivity contribution in [1.82, 2.24) is 0 Å². The van der Waals surface area contributed by atoms with Crippen LogP contribution in [-0.2, 0) is 19.6 Å². The molecule has 70 valence electrons. The van der Waals surface area contributed by atoms with Crippen LogP contribution in [0, 0.1) is 0 Å². The molecule has 0 aromatic heterocycles. The number of rotatable bonds is 5. The zero-order valence-corrected chi connectivity index (χ0v) is 6.87. The molecule has 0 aliphatic rings. The van der Waals surface area contributed by atoms with Crippen LogP contribution in [0.3, 0.4) is 0 Å². The van der Waals surface area contributed by atoms with Crippen molar-refractivity contribution < 1.29 is 27.6 Å². The zero-order chi connectivity index (χ0) is 9.78. The first-order valence-electron chi connectivity index (χ1n) is 2.83. The Hall–Kier alpha value is -1.08. The first-order valence-corrected chi connectivity index (χ1v) is 4.44. The second kappa shape index (κ2) is 4.07. The lowest BCUT2D eigenvalue weighted by Gasteiger charge is -2.02. The smallest absolute Gasteiger partial charge is 0.370 e. The molecule has 0 bridgehead atoms. The predicted octanol–water partition coefficient (Wildman–Crippen LogP) is -0.511. The van der Waals surface area contributed by atoms with Crippen molar-refractivity contribution in [2.24, 2.45) is 0 Å². The summed E-state index contributed by atoms with van der Waals surface area (Å²) in [6.07, 6.45) is 0. The fourth-order valence-corrected chi connectivity index (χ4v) is 0.626. The van der Waals surface area contributed by atoms with Crippen molar-refractivity contribution in [2.75, 3.05) is 12.4 Å².